The van der Waals surface area contributed by atoms with Crippen LogP contribution in [0.4, 0.5) is 0 Å². The summed E-state index contributed by atoms with van der Waals surface area (Å²) in [6, 6.07) is 46.8. The van der Waals surface area contributed by atoms with Gasteiger partial charge < -0.3 is 0 Å². The standard InChI is InChI=1S/C44H34N2/c1-4-16-31(17-5-1)43-45-41-29-15-26-36(42(41)46(43)35-22-8-3-9-23-35)32-18-14-21-34(30-32)44(33-19-6-2-7-20-33)39-27-12-10-24-37(39)38-25-11-13-28-40(38)44/h2-4,6-12,14-27,29-30H,1,5,13,28H2. The minimum atomic E-state index is -0.357. The Balaban J connectivity index is 1.32. The van der Waals surface area contributed by atoms with Crippen LogP contribution in [-0.2, 0) is 5.41 Å². The molecule has 0 saturated heterocycles. The van der Waals surface area contributed by atoms with E-state index in [-0.39, 0.29) is 5.41 Å². The van der Waals surface area contributed by atoms with Crippen LogP contribution in [0.25, 0.3) is 39.0 Å². The Kier molecular flexibility index (Phi) is 6.35. The van der Waals surface area contributed by atoms with Gasteiger partial charge in [0.25, 0.3) is 0 Å². The van der Waals surface area contributed by atoms with Crippen LogP contribution in [0.2, 0.25) is 0 Å². The molecule has 0 amide bonds. The van der Waals surface area contributed by atoms with Gasteiger partial charge in [0.2, 0.25) is 0 Å². The van der Waals surface area contributed by atoms with Crippen LogP contribution in [0.1, 0.15) is 53.8 Å². The van der Waals surface area contributed by atoms with Crippen molar-refractivity contribution in [3.63, 3.8) is 0 Å². The summed E-state index contributed by atoms with van der Waals surface area (Å²) in [7, 11) is 0. The van der Waals surface area contributed by atoms with E-state index in [4.69, 9.17) is 4.98 Å². The molecule has 46 heavy (non-hydrogen) atoms. The topological polar surface area (TPSA) is 17.8 Å². The second-order valence-corrected chi connectivity index (χ2v) is 12.5. The van der Waals surface area contributed by atoms with Gasteiger partial charge in [0, 0.05) is 16.8 Å². The Bertz CT molecular complexity index is 2240. The first-order valence-electron chi connectivity index (χ1n) is 16.4. The summed E-state index contributed by atoms with van der Waals surface area (Å²) in [6.07, 6.45) is 15.7. The summed E-state index contributed by atoms with van der Waals surface area (Å²) < 4.78 is 2.36. The lowest BCUT2D eigenvalue weighted by molar-refractivity contribution is 0.697. The van der Waals surface area contributed by atoms with E-state index >= 15 is 0 Å². The van der Waals surface area contributed by atoms with Crippen molar-refractivity contribution < 1.29 is 0 Å². The molecule has 2 nitrogen and oxygen atoms in total. The molecule has 5 aromatic carbocycles. The summed E-state index contributed by atoms with van der Waals surface area (Å²) in [6.45, 7) is 0. The third-order valence-electron chi connectivity index (χ3n) is 10.0. The quantitative estimate of drug-likeness (QED) is 0.195. The zero-order chi connectivity index (χ0) is 30.5. The molecule has 3 aliphatic rings. The number of para-hydroxylation sites is 2. The number of aromatic nitrogens is 2. The molecule has 0 spiro atoms. The fraction of sp³-hybridized carbons (Fsp3) is 0.114. The maximum atomic E-state index is 5.27. The molecular formula is C44H34N2. The zero-order valence-electron chi connectivity index (χ0n) is 25.7. The van der Waals surface area contributed by atoms with Crippen LogP contribution in [0, 0.1) is 0 Å². The smallest absolute Gasteiger partial charge is 0.145 e. The SMILES string of the molecule is C1=CC(c2nc3cccc(-c4cccc(C5(c6ccccc6)C6=C(C=CCC6)c6ccccc65)c4)c3n2-c2ccccc2)=CCC1. The highest BCUT2D eigenvalue weighted by Gasteiger charge is 2.47. The van der Waals surface area contributed by atoms with Crippen molar-refractivity contribution in [1.29, 1.82) is 0 Å². The van der Waals surface area contributed by atoms with Crippen LogP contribution in [0.15, 0.2) is 163 Å². The number of rotatable bonds is 5. The van der Waals surface area contributed by atoms with Gasteiger partial charge in [0.15, 0.2) is 0 Å². The highest BCUT2D eigenvalue weighted by atomic mass is 15.1. The van der Waals surface area contributed by atoms with E-state index in [0.29, 0.717) is 0 Å². The van der Waals surface area contributed by atoms with Crippen molar-refractivity contribution in [3.8, 4) is 16.8 Å². The Morgan fingerprint density at radius 2 is 1.35 bits per heavy atom. The predicted octanol–water partition coefficient (Wildman–Crippen LogP) is 10.9. The Morgan fingerprint density at radius 1 is 0.609 bits per heavy atom. The number of fused-ring (bicyclic) bond motifs is 3. The van der Waals surface area contributed by atoms with E-state index in [1.165, 1.54) is 50.1 Å². The molecule has 220 valence electrons. The molecule has 0 saturated carbocycles. The van der Waals surface area contributed by atoms with E-state index in [2.05, 4.69) is 162 Å². The van der Waals surface area contributed by atoms with Crippen molar-refractivity contribution in [3.05, 3.63) is 191 Å². The van der Waals surface area contributed by atoms with Gasteiger partial charge in [0.05, 0.1) is 16.4 Å². The molecule has 0 N–H and O–H groups in total. The average molecular weight is 591 g/mol. The molecule has 1 heterocycles. The number of allylic oxidation sites excluding steroid dienone is 8. The van der Waals surface area contributed by atoms with Crippen LogP contribution in [0.5, 0.6) is 0 Å². The fourth-order valence-corrected chi connectivity index (χ4v) is 8.11. The number of hydrogen-bond donors (Lipinski definition) is 0. The molecule has 6 aromatic rings. The normalized spacial score (nSPS) is 18.5. The first-order chi connectivity index (χ1) is 22.8. The number of benzene rings is 5. The van der Waals surface area contributed by atoms with Gasteiger partial charge in [-0.1, -0.05) is 134 Å². The maximum Gasteiger partial charge on any atom is 0.145 e. The fourth-order valence-electron chi connectivity index (χ4n) is 8.11. The molecule has 1 aromatic heterocycles. The third kappa shape index (κ3) is 4.00. The molecule has 0 radical (unpaired) electrons. The molecule has 0 fully saturated rings. The first-order valence-corrected chi connectivity index (χ1v) is 16.4. The number of hydrogen-bond acceptors (Lipinski definition) is 1. The molecule has 1 unspecified atom stereocenters. The van der Waals surface area contributed by atoms with Crippen LogP contribution < -0.4 is 0 Å². The number of nitrogens with zero attached hydrogens (tertiary/aromatic N) is 2. The minimum absolute atomic E-state index is 0.357. The summed E-state index contributed by atoms with van der Waals surface area (Å²) in [5, 5.41) is 0. The molecule has 9 rings (SSSR count). The monoisotopic (exact) mass is 590 g/mol. The molecule has 3 aliphatic carbocycles. The largest absolute Gasteiger partial charge is 0.292 e. The lowest BCUT2D eigenvalue weighted by Gasteiger charge is -2.36. The van der Waals surface area contributed by atoms with Gasteiger partial charge in [-0.3, -0.25) is 4.57 Å². The minimum Gasteiger partial charge on any atom is -0.292 e. The van der Waals surface area contributed by atoms with Crippen molar-refractivity contribution in [2.75, 3.05) is 0 Å². The van der Waals surface area contributed by atoms with E-state index in [9.17, 15) is 0 Å². The van der Waals surface area contributed by atoms with Gasteiger partial charge in [-0.15, -0.1) is 0 Å². The van der Waals surface area contributed by atoms with E-state index in [1.54, 1.807) is 0 Å². The van der Waals surface area contributed by atoms with Crippen LogP contribution in [0.3, 0.4) is 0 Å². The Hall–Kier alpha value is -5.47. The zero-order valence-corrected chi connectivity index (χ0v) is 25.7. The summed E-state index contributed by atoms with van der Waals surface area (Å²) in [5.74, 6) is 0.995. The van der Waals surface area contributed by atoms with E-state index in [0.717, 1.165) is 48.2 Å². The third-order valence-corrected chi connectivity index (χ3v) is 10.0. The lowest BCUT2D eigenvalue weighted by atomic mass is 9.65. The average Bonchev–Trinajstić information content (AvgIpc) is 3.68. The van der Waals surface area contributed by atoms with Gasteiger partial charge in [-0.05, 0) is 88.9 Å². The molecular weight excluding hydrogens is 556 g/mol. The molecule has 1 atom stereocenters. The van der Waals surface area contributed by atoms with Crippen LogP contribution >= 0.6 is 0 Å². The predicted molar refractivity (Wildman–Crippen MR) is 191 cm³/mol. The van der Waals surface area contributed by atoms with E-state index in [1.807, 2.05) is 0 Å². The van der Waals surface area contributed by atoms with Gasteiger partial charge in [-0.25, -0.2) is 4.98 Å². The summed E-state index contributed by atoms with van der Waals surface area (Å²) >= 11 is 0. The second kappa shape index (κ2) is 10.9. The van der Waals surface area contributed by atoms with E-state index < -0.39 is 0 Å². The molecule has 2 heteroatoms. The lowest BCUT2D eigenvalue weighted by Crippen LogP contribution is -2.30. The van der Waals surface area contributed by atoms with Crippen molar-refractivity contribution in [2.24, 2.45) is 0 Å². The molecule has 0 bridgehead atoms. The van der Waals surface area contributed by atoms with Gasteiger partial charge in [0.1, 0.15) is 5.82 Å². The van der Waals surface area contributed by atoms with Gasteiger partial charge in [-0.2, -0.15) is 0 Å². The second-order valence-electron chi connectivity index (χ2n) is 12.5. The molecule has 0 aliphatic heterocycles. The maximum absolute atomic E-state index is 5.27. The highest BCUT2D eigenvalue weighted by Crippen LogP contribution is 2.57. The Labute approximate surface area is 270 Å². The first kappa shape index (κ1) is 26.9. The summed E-state index contributed by atoms with van der Waals surface area (Å²) in [4.78, 5) is 5.27. The van der Waals surface area contributed by atoms with Crippen molar-refractivity contribution >= 4 is 22.2 Å². The van der Waals surface area contributed by atoms with Crippen LogP contribution in [-0.4, -0.2) is 9.55 Å². The number of imidazole rings is 1. The highest BCUT2D eigenvalue weighted by molar-refractivity contribution is 5.97. The van der Waals surface area contributed by atoms with Gasteiger partial charge >= 0.3 is 0 Å². The summed E-state index contributed by atoms with van der Waals surface area (Å²) in [5.41, 5.74) is 14.7. The van der Waals surface area contributed by atoms with Crippen molar-refractivity contribution in [2.45, 2.75) is 31.1 Å². The van der Waals surface area contributed by atoms with Crippen molar-refractivity contribution in [1.82, 2.24) is 9.55 Å². The Morgan fingerprint density at radius 3 is 2.20 bits per heavy atom.